The van der Waals surface area contributed by atoms with Crippen molar-refractivity contribution in [3.63, 3.8) is 0 Å². The van der Waals surface area contributed by atoms with Crippen LogP contribution in [0.5, 0.6) is 5.75 Å². The molecule has 3 heteroatoms. The predicted octanol–water partition coefficient (Wildman–Crippen LogP) is 3.74. The molecule has 0 saturated heterocycles. The summed E-state index contributed by atoms with van der Waals surface area (Å²) in [5.41, 5.74) is 0. The lowest BCUT2D eigenvalue weighted by Gasteiger charge is -2.12. The van der Waals surface area contributed by atoms with Gasteiger partial charge in [0.2, 0.25) is 0 Å². The van der Waals surface area contributed by atoms with E-state index in [4.69, 9.17) is 4.74 Å². The number of rotatable bonds is 6. The zero-order chi connectivity index (χ0) is 11.1. The molecule has 15 heavy (non-hydrogen) atoms. The molecule has 0 fully saturated rings. The number of thioether (sulfide) groups is 1. The smallest absolute Gasteiger partial charge is 0.132 e. The minimum atomic E-state index is 0.684. The van der Waals surface area contributed by atoms with Crippen LogP contribution >= 0.6 is 24.4 Å². The molecule has 0 heterocycles. The summed E-state index contributed by atoms with van der Waals surface area (Å²) in [6.07, 6.45) is 1.19. The average Bonchev–Trinajstić information content (AvgIpc) is 2.31. The predicted molar refractivity (Wildman–Crippen MR) is 71.4 cm³/mol. The van der Waals surface area contributed by atoms with Crippen LogP contribution in [0.25, 0.3) is 0 Å². The van der Waals surface area contributed by atoms with Gasteiger partial charge in [0.25, 0.3) is 0 Å². The van der Waals surface area contributed by atoms with Crippen molar-refractivity contribution in [2.75, 3.05) is 18.6 Å². The molecular formula is C12H18OS2. The van der Waals surface area contributed by atoms with Gasteiger partial charge < -0.3 is 4.74 Å². The number of para-hydroxylation sites is 1. The Labute approximate surface area is 102 Å². The Kier molecular flexibility index (Phi) is 6.03. The fourth-order valence-electron chi connectivity index (χ4n) is 1.25. The summed E-state index contributed by atoms with van der Waals surface area (Å²) in [7, 11) is 1.72. The van der Waals surface area contributed by atoms with Gasteiger partial charge in [0.05, 0.1) is 7.11 Å². The van der Waals surface area contributed by atoms with Crippen molar-refractivity contribution in [1.82, 2.24) is 0 Å². The van der Waals surface area contributed by atoms with Gasteiger partial charge in [-0.15, -0.1) is 11.8 Å². The molecule has 0 aliphatic heterocycles. The van der Waals surface area contributed by atoms with Crippen LogP contribution in [0, 0.1) is 5.92 Å². The van der Waals surface area contributed by atoms with E-state index in [1.807, 2.05) is 30.0 Å². The zero-order valence-corrected chi connectivity index (χ0v) is 11.0. The van der Waals surface area contributed by atoms with Crippen molar-refractivity contribution in [3.05, 3.63) is 24.3 Å². The lowest BCUT2D eigenvalue weighted by atomic mass is 10.2. The van der Waals surface area contributed by atoms with E-state index in [9.17, 15) is 0 Å². The summed E-state index contributed by atoms with van der Waals surface area (Å²) >= 11 is 6.20. The van der Waals surface area contributed by atoms with E-state index in [1.165, 1.54) is 11.3 Å². The van der Waals surface area contributed by atoms with Gasteiger partial charge in [0, 0.05) is 10.6 Å². The second-order valence-electron chi connectivity index (χ2n) is 3.42. The van der Waals surface area contributed by atoms with Gasteiger partial charge in [-0.2, -0.15) is 12.6 Å². The molecule has 1 rings (SSSR count). The number of ether oxygens (including phenoxy) is 1. The Morgan fingerprint density at radius 2 is 2.13 bits per heavy atom. The molecule has 0 amide bonds. The van der Waals surface area contributed by atoms with Crippen LogP contribution in [0.2, 0.25) is 0 Å². The molecule has 0 radical (unpaired) electrons. The van der Waals surface area contributed by atoms with Crippen LogP contribution < -0.4 is 4.74 Å². The largest absolute Gasteiger partial charge is 0.496 e. The molecule has 0 aliphatic rings. The van der Waals surface area contributed by atoms with E-state index >= 15 is 0 Å². The Hall–Kier alpha value is -0.280. The highest BCUT2D eigenvalue weighted by Crippen LogP contribution is 2.30. The monoisotopic (exact) mass is 242 g/mol. The number of methoxy groups -OCH3 is 1. The van der Waals surface area contributed by atoms with Crippen molar-refractivity contribution < 1.29 is 4.74 Å². The molecule has 0 aromatic heterocycles. The zero-order valence-electron chi connectivity index (χ0n) is 9.27. The fourth-order valence-corrected chi connectivity index (χ4v) is 3.04. The molecule has 1 unspecified atom stereocenters. The number of thiol groups is 1. The van der Waals surface area contributed by atoms with Gasteiger partial charge in [-0.05, 0) is 23.8 Å². The molecule has 0 bridgehead atoms. The van der Waals surface area contributed by atoms with Crippen molar-refractivity contribution in [3.8, 4) is 5.75 Å². The number of hydrogen-bond donors (Lipinski definition) is 1. The van der Waals surface area contributed by atoms with E-state index < -0.39 is 0 Å². The lowest BCUT2D eigenvalue weighted by molar-refractivity contribution is 0.405. The van der Waals surface area contributed by atoms with Crippen molar-refractivity contribution in [1.29, 1.82) is 0 Å². The van der Waals surface area contributed by atoms with E-state index in [-0.39, 0.29) is 0 Å². The maximum absolute atomic E-state index is 5.30. The van der Waals surface area contributed by atoms with Crippen LogP contribution in [0.1, 0.15) is 13.3 Å². The Morgan fingerprint density at radius 1 is 1.40 bits per heavy atom. The molecule has 1 atom stereocenters. The molecule has 84 valence electrons. The van der Waals surface area contributed by atoms with E-state index in [0.717, 1.165) is 17.3 Å². The Morgan fingerprint density at radius 3 is 2.73 bits per heavy atom. The first-order valence-corrected chi connectivity index (χ1v) is 6.80. The standard InChI is InChI=1S/C12H18OS2/c1-3-10(8-14)9-15-12-7-5-4-6-11(12)13-2/h4-7,10,14H,3,8-9H2,1-2H3. The van der Waals surface area contributed by atoms with Gasteiger partial charge in [-0.3, -0.25) is 0 Å². The Bertz CT molecular complexity index is 285. The first-order valence-electron chi connectivity index (χ1n) is 5.18. The molecule has 0 aliphatic carbocycles. The maximum atomic E-state index is 5.30. The summed E-state index contributed by atoms with van der Waals surface area (Å²) in [5, 5.41) is 0. The second-order valence-corrected chi connectivity index (χ2v) is 4.85. The van der Waals surface area contributed by atoms with Crippen LogP contribution in [0.15, 0.2) is 29.2 Å². The summed E-state index contributed by atoms with van der Waals surface area (Å²) in [5.74, 6) is 3.72. The minimum absolute atomic E-state index is 0.684. The third-order valence-electron chi connectivity index (χ3n) is 2.38. The van der Waals surface area contributed by atoms with Crippen LogP contribution in [-0.4, -0.2) is 18.6 Å². The van der Waals surface area contributed by atoms with Gasteiger partial charge in [-0.1, -0.05) is 25.5 Å². The van der Waals surface area contributed by atoms with Crippen molar-refractivity contribution in [2.24, 2.45) is 5.92 Å². The van der Waals surface area contributed by atoms with Crippen molar-refractivity contribution in [2.45, 2.75) is 18.2 Å². The van der Waals surface area contributed by atoms with E-state index in [2.05, 4.69) is 25.6 Å². The summed E-state index contributed by atoms with van der Waals surface area (Å²) < 4.78 is 5.30. The first-order chi connectivity index (χ1) is 7.31. The SMILES string of the molecule is CCC(CS)CSc1ccccc1OC. The van der Waals surface area contributed by atoms with E-state index in [1.54, 1.807) is 7.11 Å². The molecule has 1 nitrogen and oxygen atoms in total. The molecule has 1 aromatic rings. The molecule has 0 saturated carbocycles. The van der Waals surface area contributed by atoms with Crippen LogP contribution in [0.3, 0.4) is 0 Å². The highest BCUT2D eigenvalue weighted by molar-refractivity contribution is 7.99. The summed E-state index contributed by atoms with van der Waals surface area (Å²) in [6.45, 7) is 2.21. The normalized spacial score (nSPS) is 12.5. The quantitative estimate of drug-likeness (QED) is 0.601. The van der Waals surface area contributed by atoms with Gasteiger partial charge >= 0.3 is 0 Å². The van der Waals surface area contributed by atoms with Gasteiger partial charge in [0.15, 0.2) is 0 Å². The topological polar surface area (TPSA) is 9.23 Å². The highest BCUT2D eigenvalue weighted by Gasteiger charge is 2.07. The van der Waals surface area contributed by atoms with E-state index in [0.29, 0.717) is 5.92 Å². The third kappa shape index (κ3) is 3.99. The minimum Gasteiger partial charge on any atom is -0.496 e. The summed E-state index contributed by atoms with van der Waals surface area (Å²) in [4.78, 5) is 1.22. The maximum Gasteiger partial charge on any atom is 0.132 e. The van der Waals surface area contributed by atoms with Gasteiger partial charge in [0.1, 0.15) is 5.75 Å². The van der Waals surface area contributed by atoms with Crippen LogP contribution in [0.4, 0.5) is 0 Å². The second kappa shape index (κ2) is 7.07. The summed E-state index contributed by atoms with van der Waals surface area (Å²) in [6, 6.07) is 8.16. The molecule has 0 spiro atoms. The van der Waals surface area contributed by atoms with Crippen LogP contribution in [-0.2, 0) is 0 Å². The molecule has 1 aromatic carbocycles. The average molecular weight is 242 g/mol. The highest BCUT2D eigenvalue weighted by atomic mass is 32.2. The lowest BCUT2D eigenvalue weighted by Crippen LogP contribution is -2.03. The van der Waals surface area contributed by atoms with Gasteiger partial charge in [-0.25, -0.2) is 0 Å². The van der Waals surface area contributed by atoms with Crippen molar-refractivity contribution >= 4 is 24.4 Å². The number of benzene rings is 1. The Balaban J connectivity index is 2.56. The first kappa shape index (κ1) is 12.8. The molecule has 0 N–H and O–H groups in total. The third-order valence-corrected chi connectivity index (χ3v) is 4.18. The number of hydrogen-bond acceptors (Lipinski definition) is 3. The molecular weight excluding hydrogens is 224 g/mol. The fraction of sp³-hybridized carbons (Fsp3) is 0.500.